The summed E-state index contributed by atoms with van der Waals surface area (Å²) >= 11 is 0. The van der Waals surface area contributed by atoms with Crippen LogP contribution in [0, 0.1) is 0 Å². The second-order valence-electron chi connectivity index (χ2n) is 23.0. The van der Waals surface area contributed by atoms with Crippen LogP contribution < -0.4 is 0 Å². The highest BCUT2D eigenvalue weighted by atomic mass is 16.6. The summed E-state index contributed by atoms with van der Waals surface area (Å²) in [6.07, 6.45) is 98.2. The quantitative estimate of drug-likeness (QED) is 0.0261. The third kappa shape index (κ3) is 68.5. The lowest BCUT2D eigenvalue weighted by molar-refractivity contribution is -0.166. The molecule has 0 aromatic heterocycles. The van der Waals surface area contributed by atoms with E-state index < -0.39 is 6.10 Å². The summed E-state index contributed by atoms with van der Waals surface area (Å²) in [5, 5.41) is 0. The monoisotopic (exact) mass is 1150 g/mol. The first kappa shape index (κ1) is 78.8. The number of ether oxygens (including phenoxy) is 3. The predicted molar refractivity (Wildman–Crippen MR) is 362 cm³/mol. The van der Waals surface area contributed by atoms with Crippen molar-refractivity contribution in [3.8, 4) is 0 Å². The van der Waals surface area contributed by atoms with Gasteiger partial charge in [0.25, 0.3) is 0 Å². The van der Waals surface area contributed by atoms with Crippen LogP contribution >= 0.6 is 0 Å². The molecule has 0 aromatic rings. The molecule has 1 atom stereocenters. The molecule has 0 N–H and O–H groups in total. The van der Waals surface area contributed by atoms with Crippen LogP contribution in [0.25, 0.3) is 0 Å². The van der Waals surface area contributed by atoms with Gasteiger partial charge in [-0.3, -0.25) is 14.4 Å². The first-order chi connectivity index (χ1) is 41.0. The summed E-state index contributed by atoms with van der Waals surface area (Å²) < 4.78 is 16.9. The summed E-state index contributed by atoms with van der Waals surface area (Å²) in [5.41, 5.74) is 0. The van der Waals surface area contributed by atoms with E-state index in [-0.39, 0.29) is 37.5 Å². The second kappa shape index (κ2) is 70.3. The van der Waals surface area contributed by atoms with E-state index in [9.17, 15) is 14.4 Å². The van der Waals surface area contributed by atoms with Crippen molar-refractivity contribution in [3.63, 3.8) is 0 Å². The number of carbonyl (C=O) groups is 3. The standard InChI is InChI=1S/C77H130O6/c1-4-7-10-13-16-19-22-25-27-29-31-33-35-37-38-40-41-43-45-47-49-52-55-58-61-64-67-70-76(79)82-73-74(72-81-75(78)69-66-63-60-57-54-51-24-21-18-15-12-9-6-3)83-77(80)71-68-65-62-59-56-53-50-48-46-44-42-39-36-34-32-30-28-26-23-20-17-14-11-8-5-2/h8-9,11-12,17-18,20-22,25-26,28-29,31-32,34,51,54,60,63,74H,4-7,10,13-16,19,23-24,27,30,33,35-50,52-53,55-59,61-62,64-73H2,1-3H3/b11-8-,12-9-,20-17-,21-18-,25-22-,28-26-,31-29-,34-32-,54-51-,63-60-. The molecule has 83 heavy (non-hydrogen) atoms. The molecule has 0 saturated carbocycles. The van der Waals surface area contributed by atoms with Gasteiger partial charge < -0.3 is 14.2 Å². The Morgan fingerprint density at radius 3 is 0.807 bits per heavy atom. The Balaban J connectivity index is 4.30. The van der Waals surface area contributed by atoms with Crippen LogP contribution in [0.5, 0.6) is 0 Å². The van der Waals surface area contributed by atoms with Crippen molar-refractivity contribution >= 4 is 17.9 Å². The van der Waals surface area contributed by atoms with Crippen LogP contribution in [0.2, 0.25) is 0 Å². The zero-order valence-corrected chi connectivity index (χ0v) is 54.4. The Labute approximate surface area is 513 Å². The minimum Gasteiger partial charge on any atom is -0.462 e. The molecule has 0 fully saturated rings. The van der Waals surface area contributed by atoms with Crippen LogP contribution in [0.1, 0.15) is 329 Å². The first-order valence-corrected chi connectivity index (χ1v) is 35.0. The smallest absolute Gasteiger partial charge is 0.306 e. The summed E-state index contributed by atoms with van der Waals surface area (Å²) in [6, 6.07) is 0. The Bertz CT molecular complexity index is 1700. The van der Waals surface area contributed by atoms with Crippen LogP contribution in [0.15, 0.2) is 122 Å². The van der Waals surface area contributed by atoms with E-state index in [1.54, 1.807) is 0 Å². The molecule has 0 aliphatic rings. The van der Waals surface area contributed by atoms with Gasteiger partial charge in [-0.2, -0.15) is 0 Å². The maximum Gasteiger partial charge on any atom is 0.306 e. The Kier molecular flexibility index (Phi) is 66.7. The molecule has 0 spiro atoms. The number of esters is 3. The molecule has 0 aliphatic carbocycles. The highest BCUT2D eigenvalue weighted by Gasteiger charge is 2.19. The van der Waals surface area contributed by atoms with E-state index in [1.165, 1.54) is 186 Å². The molecule has 0 aliphatic heterocycles. The lowest BCUT2D eigenvalue weighted by Crippen LogP contribution is -2.30. The molecule has 0 radical (unpaired) electrons. The Morgan fingerprint density at radius 1 is 0.253 bits per heavy atom. The van der Waals surface area contributed by atoms with E-state index in [0.717, 1.165) is 96.3 Å². The van der Waals surface area contributed by atoms with E-state index in [1.807, 2.05) is 6.08 Å². The van der Waals surface area contributed by atoms with Gasteiger partial charge >= 0.3 is 17.9 Å². The first-order valence-electron chi connectivity index (χ1n) is 35.0. The minimum atomic E-state index is -0.812. The maximum absolute atomic E-state index is 12.9. The van der Waals surface area contributed by atoms with Gasteiger partial charge in [-0.1, -0.05) is 316 Å². The van der Waals surface area contributed by atoms with Gasteiger partial charge in [-0.15, -0.1) is 0 Å². The molecule has 6 nitrogen and oxygen atoms in total. The number of hydrogen-bond donors (Lipinski definition) is 0. The van der Waals surface area contributed by atoms with E-state index in [0.29, 0.717) is 19.3 Å². The van der Waals surface area contributed by atoms with Gasteiger partial charge in [0.15, 0.2) is 6.10 Å². The zero-order chi connectivity index (χ0) is 59.9. The second-order valence-corrected chi connectivity index (χ2v) is 23.0. The highest BCUT2D eigenvalue weighted by Crippen LogP contribution is 2.17. The maximum atomic E-state index is 12.9. The van der Waals surface area contributed by atoms with Gasteiger partial charge in [0.05, 0.1) is 0 Å². The fourth-order valence-electron chi connectivity index (χ4n) is 9.77. The van der Waals surface area contributed by atoms with Gasteiger partial charge in [0.2, 0.25) is 0 Å². The van der Waals surface area contributed by atoms with E-state index in [4.69, 9.17) is 14.2 Å². The predicted octanol–water partition coefficient (Wildman–Crippen LogP) is 24.3. The van der Waals surface area contributed by atoms with Gasteiger partial charge in [0, 0.05) is 19.3 Å². The Morgan fingerprint density at radius 2 is 0.494 bits per heavy atom. The summed E-state index contributed by atoms with van der Waals surface area (Å²) in [6.45, 7) is 6.37. The topological polar surface area (TPSA) is 78.9 Å². The van der Waals surface area contributed by atoms with Gasteiger partial charge in [-0.25, -0.2) is 0 Å². The molecule has 0 saturated heterocycles. The van der Waals surface area contributed by atoms with Crippen molar-refractivity contribution in [1.82, 2.24) is 0 Å². The van der Waals surface area contributed by atoms with E-state index >= 15 is 0 Å². The number of allylic oxidation sites excluding steroid dienone is 20. The lowest BCUT2D eigenvalue weighted by Gasteiger charge is -2.18. The van der Waals surface area contributed by atoms with Crippen LogP contribution in [-0.2, 0) is 28.6 Å². The molecule has 1 unspecified atom stereocenters. The minimum absolute atomic E-state index is 0.101. The van der Waals surface area contributed by atoms with Crippen molar-refractivity contribution in [2.24, 2.45) is 0 Å². The molecule has 6 heteroatoms. The number of rotatable bonds is 63. The SMILES string of the molecule is CC/C=C\C/C=C\C/C=C\C/C=C\CCCCCCCCCCCCCCC(=O)OC(COC(=O)CC/C=C\C/C=C\C/C=C\C/C=C\CC)COC(=O)CCCCCCCCCCCCCCCCC/C=C\C/C=C\CCCCCCC. The van der Waals surface area contributed by atoms with Crippen molar-refractivity contribution in [2.45, 2.75) is 335 Å². The van der Waals surface area contributed by atoms with E-state index in [2.05, 4.69) is 136 Å². The van der Waals surface area contributed by atoms with Crippen LogP contribution in [0.3, 0.4) is 0 Å². The Hall–Kier alpha value is -4.19. The van der Waals surface area contributed by atoms with Crippen molar-refractivity contribution in [3.05, 3.63) is 122 Å². The van der Waals surface area contributed by atoms with Crippen LogP contribution in [0.4, 0.5) is 0 Å². The average molecular weight is 1150 g/mol. The average Bonchev–Trinajstić information content (AvgIpc) is 3.49. The third-order valence-corrected chi connectivity index (χ3v) is 14.9. The molecular formula is C77H130O6. The molecule has 0 aromatic carbocycles. The fraction of sp³-hybridized carbons (Fsp3) is 0.701. The molecule has 474 valence electrons. The van der Waals surface area contributed by atoms with Gasteiger partial charge in [0.1, 0.15) is 13.2 Å². The molecular weight excluding hydrogens is 1020 g/mol. The zero-order valence-electron chi connectivity index (χ0n) is 54.4. The lowest BCUT2D eigenvalue weighted by atomic mass is 10.0. The largest absolute Gasteiger partial charge is 0.462 e. The van der Waals surface area contributed by atoms with Crippen molar-refractivity contribution in [1.29, 1.82) is 0 Å². The normalized spacial score (nSPS) is 12.9. The highest BCUT2D eigenvalue weighted by molar-refractivity contribution is 5.71. The summed E-state index contributed by atoms with van der Waals surface area (Å²) in [4.78, 5) is 38.4. The molecule has 0 rings (SSSR count). The summed E-state index contributed by atoms with van der Waals surface area (Å²) in [5.74, 6) is -0.978. The van der Waals surface area contributed by atoms with Crippen molar-refractivity contribution in [2.75, 3.05) is 13.2 Å². The van der Waals surface area contributed by atoms with Crippen LogP contribution in [-0.4, -0.2) is 37.2 Å². The number of unbranched alkanes of at least 4 members (excludes halogenated alkanes) is 32. The summed E-state index contributed by atoms with van der Waals surface area (Å²) in [7, 11) is 0. The van der Waals surface area contributed by atoms with Crippen molar-refractivity contribution < 1.29 is 28.6 Å². The molecule has 0 heterocycles. The third-order valence-electron chi connectivity index (χ3n) is 14.9. The number of hydrogen-bond acceptors (Lipinski definition) is 6. The fourth-order valence-corrected chi connectivity index (χ4v) is 9.77. The molecule has 0 bridgehead atoms. The number of carbonyl (C=O) groups excluding carboxylic acids is 3. The van der Waals surface area contributed by atoms with Gasteiger partial charge in [-0.05, 0) is 116 Å². The molecule has 0 amide bonds.